The second-order valence-corrected chi connectivity index (χ2v) is 7.63. The summed E-state index contributed by atoms with van der Waals surface area (Å²) >= 11 is 0. The Morgan fingerprint density at radius 3 is 2.61 bits per heavy atom. The summed E-state index contributed by atoms with van der Waals surface area (Å²) in [4.78, 5) is 34.4. The third-order valence-electron chi connectivity index (χ3n) is 5.67. The minimum absolute atomic E-state index is 0.0510. The molecule has 2 N–H and O–H groups in total. The lowest BCUT2D eigenvalue weighted by Crippen LogP contribution is -2.47. The molecule has 1 fully saturated rings. The first-order valence-electron chi connectivity index (χ1n) is 10.3. The molecular weight excluding hydrogens is 396 g/mol. The summed E-state index contributed by atoms with van der Waals surface area (Å²) in [6, 6.07) is 11.0. The van der Waals surface area contributed by atoms with Gasteiger partial charge in [0.1, 0.15) is 0 Å². The monoisotopic (exact) mass is 422 g/mol. The molecular formula is C23H26N4O4. The molecule has 2 aromatic carbocycles. The molecule has 2 heterocycles. The zero-order valence-electron chi connectivity index (χ0n) is 17.7. The molecule has 8 nitrogen and oxygen atoms in total. The van der Waals surface area contributed by atoms with E-state index in [-0.39, 0.29) is 17.9 Å². The molecule has 0 unspecified atom stereocenters. The van der Waals surface area contributed by atoms with Crippen molar-refractivity contribution in [2.24, 2.45) is 0 Å². The van der Waals surface area contributed by atoms with Gasteiger partial charge in [0.15, 0.2) is 11.5 Å². The molecule has 0 bridgehead atoms. The zero-order chi connectivity index (χ0) is 21.8. The van der Waals surface area contributed by atoms with Gasteiger partial charge in [0.2, 0.25) is 5.91 Å². The number of methoxy groups -OCH3 is 2. The van der Waals surface area contributed by atoms with Crippen LogP contribution in [0.4, 0.5) is 0 Å². The van der Waals surface area contributed by atoms with E-state index >= 15 is 0 Å². The number of carbonyl (C=O) groups excluding carboxylic acids is 2. The Morgan fingerprint density at radius 1 is 1.10 bits per heavy atom. The number of likely N-dealkylation sites (tertiary alicyclic amines) is 1. The fraction of sp³-hybridized carbons (Fsp3) is 0.348. The van der Waals surface area contributed by atoms with Gasteiger partial charge < -0.3 is 24.7 Å². The maximum atomic E-state index is 12.7. The Morgan fingerprint density at radius 2 is 1.87 bits per heavy atom. The van der Waals surface area contributed by atoms with Crippen LogP contribution in [0.1, 0.15) is 28.8 Å². The van der Waals surface area contributed by atoms with Crippen molar-refractivity contribution in [1.29, 1.82) is 0 Å². The van der Waals surface area contributed by atoms with Crippen LogP contribution in [0, 0.1) is 0 Å². The Bertz CT molecular complexity index is 1090. The van der Waals surface area contributed by atoms with Gasteiger partial charge in [-0.25, -0.2) is 4.98 Å². The van der Waals surface area contributed by atoms with Crippen molar-refractivity contribution in [2.45, 2.75) is 25.3 Å². The van der Waals surface area contributed by atoms with Gasteiger partial charge in [-0.1, -0.05) is 6.07 Å². The average molecular weight is 422 g/mol. The summed E-state index contributed by atoms with van der Waals surface area (Å²) in [5.74, 6) is 1.22. The minimum Gasteiger partial charge on any atom is -0.493 e. The van der Waals surface area contributed by atoms with Crippen molar-refractivity contribution in [3.8, 4) is 11.5 Å². The van der Waals surface area contributed by atoms with Crippen LogP contribution in [-0.2, 0) is 11.2 Å². The third kappa shape index (κ3) is 4.63. The van der Waals surface area contributed by atoms with Crippen molar-refractivity contribution >= 4 is 22.8 Å². The second kappa shape index (κ2) is 9.07. The van der Waals surface area contributed by atoms with Gasteiger partial charge >= 0.3 is 0 Å². The molecule has 162 valence electrons. The molecule has 3 aromatic rings. The number of piperidine rings is 1. The minimum atomic E-state index is -0.105. The first kappa shape index (κ1) is 20.7. The molecule has 8 heteroatoms. The Labute approximate surface area is 180 Å². The summed E-state index contributed by atoms with van der Waals surface area (Å²) in [7, 11) is 3.16. The Kier molecular flexibility index (Phi) is 6.06. The van der Waals surface area contributed by atoms with Gasteiger partial charge in [-0.05, 0) is 48.7 Å². The van der Waals surface area contributed by atoms with Crippen molar-refractivity contribution in [3.05, 3.63) is 53.9 Å². The number of rotatable bonds is 6. The van der Waals surface area contributed by atoms with E-state index in [1.54, 1.807) is 32.7 Å². The van der Waals surface area contributed by atoms with E-state index in [2.05, 4.69) is 15.3 Å². The average Bonchev–Trinajstić information content (AvgIpc) is 3.27. The predicted octanol–water partition coefficient (Wildman–Crippen LogP) is 2.54. The van der Waals surface area contributed by atoms with Crippen LogP contribution in [0.2, 0.25) is 0 Å². The van der Waals surface area contributed by atoms with Gasteiger partial charge in [-0.3, -0.25) is 9.59 Å². The van der Waals surface area contributed by atoms with Crippen LogP contribution in [0.25, 0.3) is 11.0 Å². The largest absolute Gasteiger partial charge is 0.493 e. The van der Waals surface area contributed by atoms with Gasteiger partial charge in [0.05, 0.1) is 38.0 Å². The summed E-state index contributed by atoms with van der Waals surface area (Å²) in [5, 5.41) is 3.09. The number of ether oxygens (including phenoxy) is 2. The van der Waals surface area contributed by atoms with Crippen LogP contribution in [-0.4, -0.2) is 60.0 Å². The van der Waals surface area contributed by atoms with Gasteiger partial charge in [0, 0.05) is 24.7 Å². The molecule has 0 aliphatic carbocycles. The maximum Gasteiger partial charge on any atom is 0.251 e. The number of fused-ring (bicyclic) bond motifs is 1. The lowest BCUT2D eigenvalue weighted by atomic mass is 10.0. The van der Waals surface area contributed by atoms with E-state index in [1.807, 2.05) is 29.2 Å². The van der Waals surface area contributed by atoms with E-state index in [4.69, 9.17) is 9.47 Å². The number of nitrogens with zero attached hydrogens (tertiary/aromatic N) is 2. The molecule has 31 heavy (non-hydrogen) atoms. The highest BCUT2D eigenvalue weighted by atomic mass is 16.5. The SMILES string of the molecule is COc1ccc(CC(=O)N2CCC(NC(=O)c3ccc4nc[nH]c4c3)CC2)cc1OC. The lowest BCUT2D eigenvalue weighted by molar-refractivity contribution is -0.131. The van der Waals surface area contributed by atoms with E-state index in [1.165, 1.54) is 0 Å². The second-order valence-electron chi connectivity index (χ2n) is 7.63. The molecule has 1 aromatic heterocycles. The van der Waals surface area contributed by atoms with Crippen molar-refractivity contribution < 1.29 is 19.1 Å². The highest BCUT2D eigenvalue weighted by Gasteiger charge is 2.24. The van der Waals surface area contributed by atoms with E-state index in [9.17, 15) is 9.59 Å². The fourth-order valence-electron chi connectivity index (χ4n) is 3.90. The van der Waals surface area contributed by atoms with Gasteiger partial charge in [-0.2, -0.15) is 0 Å². The first-order chi connectivity index (χ1) is 15.1. The van der Waals surface area contributed by atoms with Crippen LogP contribution >= 0.6 is 0 Å². The lowest BCUT2D eigenvalue weighted by Gasteiger charge is -2.32. The van der Waals surface area contributed by atoms with Crippen LogP contribution < -0.4 is 14.8 Å². The van der Waals surface area contributed by atoms with E-state index < -0.39 is 0 Å². The van der Waals surface area contributed by atoms with E-state index in [0.717, 1.165) is 29.4 Å². The number of aromatic amines is 1. The number of benzene rings is 2. The maximum absolute atomic E-state index is 12.7. The van der Waals surface area contributed by atoms with Crippen LogP contribution in [0.3, 0.4) is 0 Å². The van der Waals surface area contributed by atoms with Crippen LogP contribution in [0.5, 0.6) is 11.5 Å². The molecule has 2 amide bonds. The zero-order valence-corrected chi connectivity index (χ0v) is 17.7. The predicted molar refractivity (Wildman–Crippen MR) is 116 cm³/mol. The highest BCUT2D eigenvalue weighted by Crippen LogP contribution is 2.28. The van der Waals surface area contributed by atoms with Gasteiger partial charge in [-0.15, -0.1) is 0 Å². The number of carbonyl (C=O) groups is 2. The fourth-order valence-corrected chi connectivity index (χ4v) is 3.90. The summed E-state index contributed by atoms with van der Waals surface area (Å²) in [6.45, 7) is 1.24. The molecule has 1 saturated heterocycles. The Hall–Kier alpha value is -3.55. The van der Waals surface area contributed by atoms with Gasteiger partial charge in [0.25, 0.3) is 5.91 Å². The number of aromatic nitrogens is 2. The smallest absolute Gasteiger partial charge is 0.251 e. The third-order valence-corrected chi connectivity index (χ3v) is 5.67. The summed E-state index contributed by atoms with van der Waals surface area (Å²) in [6.07, 6.45) is 3.38. The molecule has 0 saturated carbocycles. The topological polar surface area (TPSA) is 96.5 Å². The van der Waals surface area contributed by atoms with Crippen molar-refractivity contribution in [3.63, 3.8) is 0 Å². The standard InChI is InChI=1S/C23H26N4O4/c1-30-20-6-3-15(11-21(20)31-2)12-22(28)27-9-7-17(8-10-27)26-23(29)16-4-5-18-19(13-16)25-14-24-18/h3-6,11,13-14,17H,7-10,12H2,1-2H3,(H,24,25)(H,26,29). The quantitative estimate of drug-likeness (QED) is 0.636. The summed E-state index contributed by atoms with van der Waals surface area (Å²) in [5.41, 5.74) is 3.15. The molecule has 0 spiro atoms. The van der Waals surface area contributed by atoms with Crippen LogP contribution in [0.15, 0.2) is 42.7 Å². The highest BCUT2D eigenvalue weighted by molar-refractivity contribution is 5.97. The number of hydrogen-bond acceptors (Lipinski definition) is 5. The normalized spacial score (nSPS) is 14.5. The molecule has 4 rings (SSSR count). The number of H-pyrrole nitrogens is 1. The molecule has 0 atom stereocenters. The number of hydrogen-bond donors (Lipinski definition) is 2. The summed E-state index contributed by atoms with van der Waals surface area (Å²) < 4.78 is 10.6. The molecule has 1 aliphatic heterocycles. The Balaban J connectivity index is 1.29. The number of amides is 2. The van der Waals surface area contributed by atoms with Crippen molar-refractivity contribution in [1.82, 2.24) is 20.2 Å². The number of nitrogens with one attached hydrogen (secondary N) is 2. The molecule has 0 radical (unpaired) electrons. The van der Waals surface area contributed by atoms with Crippen molar-refractivity contribution in [2.75, 3.05) is 27.3 Å². The number of imidazole rings is 1. The first-order valence-corrected chi connectivity index (χ1v) is 10.3. The molecule has 1 aliphatic rings. The van der Waals surface area contributed by atoms with E-state index in [0.29, 0.717) is 36.6 Å².